The van der Waals surface area contributed by atoms with Crippen LogP contribution < -0.4 is 5.32 Å². The second-order valence-electron chi connectivity index (χ2n) is 6.14. The standard InChI is InChI=1S/C19H25NO/c1-13(2)15-9-10-18(17(11-15)14(3)4)20-12-16-7-5-6-8-19(16)21/h5-11,13-14,20-21H,12H2,1-4H3. The molecule has 0 saturated heterocycles. The summed E-state index contributed by atoms with van der Waals surface area (Å²) in [5.74, 6) is 1.35. The van der Waals surface area contributed by atoms with Gasteiger partial charge in [-0.05, 0) is 35.1 Å². The largest absolute Gasteiger partial charge is 0.508 e. The lowest BCUT2D eigenvalue weighted by atomic mass is 9.94. The highest BCUT2D eigenvalue weighted by Crippen LogP contribution is 2.29. The molecule has 2 nitrogen and oxygen atoms in total. The Morgan fingerprint density at radius 1 is 0.952 bits per heavy atom. The molecule has 0 aromatic heterocycles. The molecule has 2 aromatic rings. The highest BCUT2D eigenvalue weighted by atomic mass is 16.3. The molecule has 0 amide bonds. The monoisotopic (exact) mass is 283 g/mol. The van der Waals surface area contributed by atoms with Crippen molar-refractivity contribution in [1.82, 2.24) is 0 Å². The van der Waals surface area contributed by atoms with Crippen molar-refractivity contribution in [3.8, 4) is 5.75 Å². The van der Waals surface area contributed by atoms with E-state index in [0.717, 1.165) is 11.3 Å². The van der Waals surface area contributed by atoms with Crippen molar-refractivity contribution in [3.05, 3.63) is 59.2 Å². The minimum absolute atomic E-state index is 0.342. The number of anilines is 1. The molecule has 0 heterocycles. The van der Waals surface area contributed by atoms with Gasteiger partial charge in [0.1, 0.15) is 5.75 Å². The fourth-order valence-corrected chi connectivity index (χ4v) is 2.43. The van der Waals surface area contributed by atoms with Crippen LogP contribution in [0.3, 0.4) is 0 Å². The summed E-state index contributed by atoms with van der Waals surface area (Å²) in [7, 11) is 0. The fourth-order valence-electron chi connectivity index (χ4n) is 2.43. The predicted molar refractivity (Wildman–Crippen MR) is 90.1 cm³/mol. The van der Waals surface area contributed by atoms with Gasteiger partial charge in [0.2, 0.25) is 0 Å². The van der Waals surface area contributed by atoms with E-state index in [2.05, 4.69) is 51.2 Å². The number of para-hydroxylation sites is 1. The molecule has 0 aliphatic heterocycles. The maximum absolute atomic E-state index is 9.84. The van der Waals surface area contributed by atoms with Crippen molar-refractivity contribution >= 4 is 5.69 Å². The van der Waals surface area contributed by atoms with Crippen LogP contribution in [0.2, 0.25) is 0 Å². The molecule has 0 unspecified atom stereocenters. The van der Waals surface area contributed by atoms with Gasteiger partial charge in [-0.25, -0.2) is 0 Å². The SMILES string of the molecule is CC(C)c1ccc(NCc2ccccc2O)c(C(C)C)c1. The van der Waals surface area contributed by atoms with Gasteiger partial charge >= 0.3 is 0 Å². The number of rotatable bonds is 5. The molecule has 0 spiro atoms. The zero-order valence-corrected chi connectivity index (χ0v) is 13.4. The van der Waals surface area contributed by atoms with E-state index in [9.17, 15) is 5.11 Å². The normalized spacial score (nSPS) is 11.1. The quantitative estimate of drug-likeness (QED) is 0.785. The van der Waals surface area contributed by atoms with Crippen molar-refractivity contribution in [2.45, 2.75) is 46.1 Å². The third kappa shape index (κ3) is 3.78. The first-order valence-electron chi connectivity index (χ1n) is 7.63. The van der Waals surface area contributed by atoms with Gasteiger partial charge in [0, 0.05) is 17.8 Å². The van der Waals surface area contributed by atoms with Crippen molar-refractivity contribution in [1.29, 1.82) is 0 Å². The summed E-state index contributed by atoms with van der Waals surface area (Å²) in [5, 5.41) is 13.3. The summed E-state index contributed by atoms with van der Waals surface area (Å²) in [6.45, 7) is 9.49. The van der Waals surface area contributed by atoms with Gasteiger partial charge in [-0.15, -0.1) is 0 Å². The molecule has 0 atom stereocenters. The molecule has 0 fully saturated rings. The van der Waals surface area contributed by atoms with Crippen molar-refractivity contribution in [2.75, 3.05) is 5.32 Å². The van der Waals surface area contributed by atoms with E-state index in [4.69, 9.17) is 0 Å². The minimum Gasteiger partial charge on any atom is -0.508 e. The summed E-state index contributed by atoms with van der Waals surface area (Å²) in [4.78, 5) is 0. The number of aromatic hydroxyl groups is 1. The zero-order chi connectivity index (χ0) is 15.4. The van der Waals surface area contributed by atoms with Crippen molar-refractivity contribution in [3.63, 3.8) is 0 Å². The number of phenolic OH excluding ortho intramolecular Hbond substituents is 1. The summed E-state index contributed by atoms with van der Waals surface area (Å²) >= 11 is 0. The van der Waals surface area contributed by atoms with Crippen LogP contribution in [0.5, 0.6) is 5.75 Å². The molecule has 2 N–H and O–H groups in total. The Morgan fingerprint density at radius 3 is 2.29 bits per heavy atom. The van der Waals surface area contributed by atoms with E-state index in [-0.39, 0.29) is 0 Å². The third-order valence-electron chi connectivity index (χ3n) is 3.83. The molecular weight excluding hydrogens is 258 g/mol. The zero-order valence-electron chi connectivity index (χ0n) is 13.4. The van der Waals surface area contributed by atoms with Crippen LogP contribution in [0.4, 0.5) is 5.69 Å². The van der Waals surface area contributed by atoms with Gasteiger partial charge < -0.3 is 10.4 Å². The van der Waals surface area contributed by atoms with E-state index in [1.807, 2.05) is 18.2 Å². The molecule has 0 radical (unpaired) electrons. The maximum Gasteiger partial charge on any atom is 0.120 e. The molecular formula is C19H25NO. The minimum atomic E-state index is 0.342. The highest BCUT2D eigenvalue weighted by Gasteiger charge is 2.10. The van der Waals surface area contributed by atoms with Crippen LogP contribution in [0, 0.1) is 0 Å². The molecule has 0 aliphatic carbocycles. The van der Waals surface area contributed by atoms with Gasteiger partial charge in [-0.1, -0.05) is 58.0 Å². The summed E-state index contributed by atoms with van der Waals surface area (Å²) < 4.78 is 0. The third-order valence-corrected chi connectivity index (χ3v) is 3.83. The smallest absolute Gasteiger partial charge is 0.120 e. The second kappa shape index (κ2) is 6.66. The van der Waals surface area contributed by atoms with E-state index in [1.165, 1.54) is 11.1 Å². The Bertz CT molecular complexity index is 602. The van der Waals surface area contributed by atoms with Gasteiger partial charge in [-0.3, -0.25) is 0 Å². The first-order chi connectivity index (χ1) is 9.99. The van der Waals surface area contributed by atoms with Crippen LogP contribution in [-0.4, -0.2) is 5.11 Å². The molecule has 0 bridgehead atoms. The topological polar surface area (TPSA) is 32.3 Å². The van der Waals surface area contributed by atoms with Crippen LogP contribution in [0.25, 0.3) is 0 Å². The Kier molecular flexibility index (Phi) is 4.89. The highest BCUT2D eigenvalue weighted by molar-refractivity contribution is 5.55. The lowest BCUT2D eigenvalue weighted by molar-refractivity contribution is 0.469. The van der Waals surface area contributed by atoms with Crippen molar-refractivity contribution in [2.24, 2.45) is 0 Å². The predicted octanol–water partition coefficient (Wildman–Crippen LogP) is 5.25. The molecule has 2 rings (SSSR count). The van der Waals surface area contributed by atoms with Gasteiger partial charge in [-0.2, -0.15) is 0 Å². The van der Waals surface area contributed by atoms with E-state index < -0.39 is 0 Å². The molecule has 112 valence electrons. The van der Waals surface area contributed by atoms with E-state index >= 15 is 0 Å². The summed E-state index contributed by atoms with van der Waals surface area (Å²) in [5.41, 5.74) is 4.77. The Balaban J connectivity index is 2.21. The van der Waals surface area contributed by atoms with Crippen LogP contribution in [0.1, 0.15) is 56.2 Å². The number of phenols is 1. The van der Waals surface area contributed by atoms with E-state index in [0.29, 0.717) is 24.1 Å². The molecule has 0 aliphatic rings. The lowest BCUT2D eigenvalue weighted by Gasteiger charge is -2.18. The number of hydrogen-bond donors (Lipinski definition) is 2. The van der Waals surface area contributed by atoms with Crippen LogP contribution >= 0.6 is 0 Å². The van der Waals surface area contributed by atoms with Gasteiger partial charge in [0.15, 0.2) is 0 Å². The summed E-state index contributed by atoms with van der Waals surface area (Å²) in [6, 6.07) is 14.1. The van der Waals surface area contributed by atoms with Gasteiger partial charge in [0.05, 0.1) is 0 Å². The molecule has 2 heteroatoms. The summed E-state index contributed by atoms with van der Waals surface area (Å²) in [6.07, 6.45) is 0. The average molecular weight is 283 g/mol. The molecule has 2 aromatic carbocycles. The van der Waals surface area contributed by atoms with E-state index in [1.54, 1.807) is 6.07 Å². The molecule has 21 heavy (non-hydrogen) atoms. The second-order valence-corrected chi connectivity index (χ2v) is 6.14. The Labute approximate surface area is 127 Å². The first-order valence-corrected chi connectivity index (χ1v) is 7.63. The Morgan fingerprint density at radius 2 is 1.67 bits per heavy atom. The number of benzene rings is 2. The lowest BCUT2D eigenvalue weighted by Crippen LogP contribution is -2.05. The van der Waals surface area contributed by atoms with Crippen LogP contribution in [0.15, 0.2) is 42.5 Å². The fraction of sp³-hybridized carbons (Fsp3) is 0.368. The first kappa shape index (κ1) is 15.4. The Hall–Kier alpha value is -1.96. The molecule has 0 saturated carbocycles. The number of hydrogen-bond acceptors (Lipinski definition) is 2. The van der Waals surface area contributed by atoms with Crippen LogP contribution in [-0.2, 0) is 6.54 Å². The van der Waals surface area contributed by atoms with Gasteiger partial charge in [0.25, 0.3) is 0 Å². The maximum atomic E-state index is 9.84. The van der Waals surface area contributed by atoms with Crippen molar-refractivity contribution < 1.29 is 5.11 Å². The number of nitrogens with one attached hydrogen (secondary N) is 1. The average Bonchev–Trinajstić information content (AvgIpc) is 2.46.